The Morgan fingerprint density at radius 1 is 1.12 bits per heavy atom. The van der Waals surface area contributed by atoms with Crippen LogP contribution in [0.5, 0.6) is 0 Å². The second-order valence-corrected chi connectivity index (χ2v) is 7.36. The molecule has 0 amide bonds. The van der Waals surface area contributed by atoms with Gasteiger partial charge in [-0.25, -0.2) is 4.68 Å². The minimum absolute atomic E-state index is 0.0802. The zero-order valence-corrected chi connectivity index (χ0v) is 14.1. The van der Waals surface area contributed by atoms with Crippen LogP contribution in [-0.2, 0) is 5.54 Å². The van der Waals surface area contributed by atoms with Gasteiger partial charge in [0.1, 0.15) is 5.39 Å². The first kappa shape index (κ1) is 14.8. The molecule has 0 bridgehead atoms. The molecule has 4 heterocycles. The zero-order valence-electron chi connectivity index (χ0n) is 13.3. The van der Waals surface area contributed by atoms with Gasteiger partial charge in [0.2, 0.25) is 5.95 Å². The summed E-state index contributed by atoms with van der Waals surface area (Å²) in [7, 11) is 0. The van der Waals surface area contributed by atoms with E-state index in [1.807, 2.05) is 26.2 Å². The van der Waals surface area contributed by atoms with Crippen molar-refractivity contribution in [2.45, 2.75) is 26.3 Å². The Bertz CT molecular complexity index is 1190. The molecule has 0 aliphatic heterocycles. The fourth-order valence-electron chi connectivity index (χ4n) is 2.52. The van der Waals surface area contributed by atoms with Crippen LogP contribution in [0.1, 0.15) is 20.8 Å². The number of rotatable bonds is 1. The van der Waals surface area contributed by atoms with Crippen LogP contribution >= 0.6 is 11.3 Å². The summed E-state index contributed by atoms with van der Waals surface area (Å²) in [6, 6.07) is 1.73. The van der Waals surface area contributed by atoms with Crippen LogP contribution in [0.4, 0.5) is 0 Å². The number of aromatic amines is 1. The highest BCUT2D eigenvalue weighted by atomic mass is 32.1. The average molecular weight is 342 g/mol. The van der Waals surface area contributed by atoms with E-state index in [0.29, 0.717) is 16.4 Å². The molecule has 4 rings (SSSR count). The van der Waals surface area contributed by atoms with Crippen molar-refractivity contribution in [2.24, 2.45) is 0 Å². The molecular weight excluding hydrogens is 328 g/mol. The fraction of sp³-hybridized carbons (Fsp3) is 0.267. The average Bonchev–Trinajstić information content (AvgIpc) is 3.13. The number of fused-ring (bicyclic) bond motifs is 2. The van der Waals surface area contributed by atoms with E-state index in [1.165, 1.54) is 17.5 Å². The normalized spacial score (nSPS) is 12.3. The Morgan fingerprint density at radius 3 is 2.67 bits per heavy atom. The summed E-state index contributed by atoms with van der Waals surface area (Å²) < 4.78 is 3.56. The predicted octanol–water partition coefficient (Wildman–Crippen LogP) is 1.64. The molecule has 0 spiro atoms. The number of nitrogens with one attached hydrogen (secondary N) is 1. The number of hydrogen-bond acceptors (Lipinski definition) is 6. The molecule has 0 saturated carbocycles. The van der Waals surface area contributed by atoms with Crippen LogP contribution in [0, 0.1) is 0 Å². The molecule has 0 atom stereocenters. The summed E-state index contributed by atoms with van der Waals surface area (Å²) in [5, 5.41) is 11.1. The molecule has 0 radical (unpaired) electrons. The molecule has 24 heavy (non-hydrogen) atoms. The van der Waals surface area contributed by atoms with Gasteiger partial charge in [0, 0.05) is 0 Å². The van der Waals surface area contributed by atoms with Crippen molar-refractivity contribution in [3.05, 3.63) is 44.5 Å². The van der Waals surface area contributed by atoms with Crippen molar-refractivity contribution in [2.75, 3.05) is 0 Å². The molecule has 8 nitrogen and oxygen atoms in total. The minimum atomic E-state index is -0.357. The molecule has 9 heteroatoms. The summed E-state index contributed by atoms with van der Waals surface area (Å²) in [6.45, 7) is 5.89. The van der Waals surface area contributed by atoms with Crippen molar-refractivity contribution in [3.8, 4) is 5.95 Å². The summed E-state index contributed by atoms with van der Waals surface area (Å²) in [4.78, 5) is 32.0. The maximum Gasteiger partial charge on any atom is 0.282 e. The van der Waals surface area contributed by atoms with Crippen LogP contribution in [0.25, 0.3) is 27.1 Å². The largest absolute Gasteiger partial charge is 0.290 e. The van der Waals surface area contributed by atoms with E-state index in [1.54, 1.807) is 16.9 Å². The predicted molar refractivity (Wildman–Crippen MR) is 91.9 cm³/mol. The third kappa shape index (κ3) is 2.08. The second-order valence-electron chi connectivity index (χ2n) is 6.41. The van der Waals surface area contributed by atoms with Gasteiger partial charge in [-0.05, 0) is 32.2 Å². The molecule has 0 saturated heterocycles. The highest BCUT2D eigenvalue weighted by molar-refractivity contribution is 7.17. The van der Waals surface area contributed by atoms with Gasteiger partial charge in [0.15, 0.2) is 5.65 Å². The Hall–Kier alpha value is -2.81. The minimum Gasteiger partial charge on any atom is -0.290 e. The topological polar surface area (TPSA) is 98.5 Å². The zero-order chi connectivity index (χ0) is 17.1. The van der Waals surface area contributed by atoms with Crippen molar-refractivity contribution < 1.29 is 0 Å². The van der Waals surface area contributed by atoms with Gasteiger partial charge in [-0.1, -0.05) is 0 Å². The van der Waals surface area contributed by atoms with E-state index in [4.69, 9.17) is 0 Å². The highest BCUT2D eigenvalue weighted by Crippen LogP contribution is 2.19. The van der Waals surface area contributed by atoms with Crippen LogP contribution < -0.4 is 11.1 Å². The lowest BCUT2D eigenvalue weighted by Gasteiger charge is -2.19. The first-order valence-corrected chi connectivity index (χ1v) is 8.19. The van der Waals surface area contributed by atoms with Crippen LogP contribution in [-0.4, -0.2) is 29.5 Å². The number of nitrogens with zero attached hydrogens (tertiary/aromatic N) is 5. The Morgan fingerprint density at radius 2 is 1.92 bits per heavy atom. The molecule has 0 aromatic carbocycles. The van der Waals surface area contributed by atoms with Crippen LogP contribution in [0.2, 0.25) is 0 Å². The lowest BCUT2D eigenvalue weighted by molar-refractivity contribution is 0.365. The summed E-state index contributed by atoms with van der Waals surface area (Å²) in [5.74, 6) is 0.0802. The Labute approximate surface area is 139 Å². The third-order valence-corrected chi connectivity index (χ3v) is 4.52. The standard InChI is InChI=1S/C15H14N6O2S/c1-15(2,3)21-11-9(6-17-21)12(22)19-14(18-11)20-13(23)8-4-5-24-10(8)7-16-20/h4-7H,1-3H3,(H,18,19,22). The van der Waals surface area contributed by atoms with E-state index in [2.05, 4.69) is 20.2 Å². The smallest absolute Gasteiger partial charge is 0.282 e. The molecule has 0 unspecified atom stereocenters. The van der Waals surface area contributed by atoms with E-state index in [9.17, 15) is 9.59 Å². The van der Waals surface area contributed by atoms with Crippen molar-refractivity contribution in [1.82, 2.24) is 29.5 Å². The van der Waals surface area contributed by atoms with E-state index >= 15 is 0 Å². The fourth-order valence-corrected chi connectivity index (χ4v) is 3.26. The molecule has 0 aliphatic rings. The van der Waals surface area contributed by atoms with Crippen molar-refractivity contribution >= 4 is 32.5 Å². The third-order valence-electron chi connectivity index (χ3n) is 3.67. The molecule has 1 N–H and O–H groups in total. The van der Waals surface area contributed by atoms with Gasteiger partial charge in [0.05, 0.1) is 28.0 Å². The Kier molecular flexibility index (Phi) is 2.98. The van der Waals surface area contributed by atoms with Gasteiger partial charge in [-0.3, -0.25) is 14.6 Å². The maximum atomic E-state index is 12.6. The lowest BCUT2D eigenvalue weighted by Crippen LogP contribution is -2.27. The number of hydrogen-bond donors (Lipinski definition) is 1. The van der Waals surface area contributed by atoms with Gasteiger partial charge in [-0.15, -0.1) is 11.3 Å². The molecule has 122 valence electrons. The lowest BCUT2D eigenvalue weighted by atomic mass is 10.1. The van der Waals surface area contributed by atoms with Crippen LogP contribution in [0.15, 0.2) is 33.4 Å². The van der Waals surface area contributed by atoms with E-state index in [-0.39, 0.29) is 22.6 Å². The molecule has 4 aromatic rings. The second kappa shape index (κ2) is 4.84. The monoisotopic (exact) mass is 342 g/mol. The summed E-state index contributed by atoms with van der Waals surface area (Å²) in [6.07, 6.45) is 3.07. The maximum absolute atomic E-state index is 12.6. The van der Waals surface area contributed by atoms with Crippen LogP contribution in [0.3, 0.4) is 0 Å². The van der Waals surface area contributed by atoms with Gasteiger partial charge >= 0.3 is 0 Å². The quantitative estimate of drug-likeness (QED) is 0.567. The summed E-state index contributed by atoms with van der Waals surface area (Å²) in [5.41, 5.74) is -0.613. The number of thiophene rings is 1. The Balaban J connectivity index is 2.04. The van der Waals surface area contributed by atoms with Crippen molar-refractivity contribution in [1.29, 1.82) is 0 Å². The SMILES string of the molecule is CC(C)(C)n1ncc2c(=O)[nH]c(-n3ncc4sccc4c3=O)nc21. The summed E-state index contributed by atoms with van der Waals surface area (Å²) >= 11 is 1.44. The van der Waals surface area contributed by atoms with E-state index in [0.717, 1.165) is 9.38 Å². The van der Waals surface area contributed by atoms with Gasteiger partial charge in [-0.2, -0.15) is 19.9 Å². The van der Waals surface area contributed by atoms with E-state index < -0.39 is 0 Å². The van der Waals surface area contributed by atoms with Gasteiger partial charge < -0.3 is 0 Å². The number of H-pyrrole nitrogens is 1. The first-order chi connectivity index (χ1) is 11.4. The number of aromatic nitrogens is 6. The first-order valence-electron chi connectivity index (χ1n) is 7.31. The molecule has 0 fully saturated rings. The molecule has 0 aliphatic carbocycles. The molecular formula is C15H14N6O2S. The molecule has 4 aromatic heterocycles. The van der Waals surface area contributed by atoms with Crippen molar-refractivity contribution in [3.63, 3.8) is 0 Å². The van der Waals surface area contributed by atoms with Gasteiger partial charge in [0.25, 0.3) is 11.1 Å². The highest BCUT2D eigenvalue weighted by Gasteiger charge is 2.20.